The van der Waals surface area contributed by atoms with Crippen molar-refractivity contribution in [2.45, 2.75) is 316 Å². The fourth-order valence-electron chi connectivity index (χ4n) is 10.1. The first-order chi connectivity index (χ1) is 51.7. The minimum atomic E-state index is -5.01. The lowest BCUT2D eigenvalue weighted by Gasteiger charge is -2.21. The first-order valence-corrected chi connectivity index (χ1v) is 43.4. The van der Waals surface area contributed by atoms with Gasteiger partial charge < -0.3 is 33.8 Å². The Morgan fingerprint density at radius 3 is 0.811 bits per heavy atom. The van der Waals surface area contributed by atoms with Crippen LogP contribution in [0.2, 0.25) is 0 Å². The summed E-state index contributed by atoms with van der Waals surface area (Å²) in [7, 11) is -10.0. The number of carbonyl (C=O) groups excluding carboxylic acids is 4. The van der Waals surface area contributed by atoms with Crippen LogP contribution in [-0.4, -0.2) is 96.7 Å². The number of rotatable bonds is 74. The average molecular weight is 1520 g/mol. The molecular weight excluding hydrogens is 1380 g/mol. The number of phosphoric ester groups is 2. The Hall–Kier alpha value is -5.58. The van der Waals surface area contributed by atoms with E-state index in [2.05, 4.69) is 180 Å². The Morgan fingerprint density at radius 2 is 0.509 bits per heavy atom. The van der Waals surface area contributed by atoms with Crippen molar-refractivity contribution in [3.05, 3.63) is 170 Å². The van der Waals surface area contributed by atoms with E-state index in [0.717, 1.165) is 193 Å². The minimum absolute atomic E-state index is 0.0262. The van der Waals surface area contributed by atoms with E-state index in [4.69, 9.17) is 37.0 Å². The third-order valence-corrected chi connectivity index (χ3v) is 18.1. The van der Waals surface area contributed by atoms with Crippen LogP contribution in [-0.2, 0) is 65.4 Å². The summed E-state index contributed by atoms with van der Waals surface area (Å²) in [5, 5.41) is 10.6. The van der Waals surface area contributed by atoms with E-state index in [9.17, 15) is 43.2 Å². The lowest BCUT2D eigenvalue weighted by Crippen LogP contribution is -2.30. The van der Waals surface area contributed by atoms with Crippen LogP contribution < -0.4 is 0 Å². The van der Waals surface area contributed by atoms with Gasteiger partial charge in [0.2, 0.25) is 0 Å². The van der Waals surface area contributed by atoms with Crippen molar-refractivity contribution in [1.29, 1.82) is 0 Å². The second-order valence-electron chi connectivity index (χ2n) is 26.2. The molecule has 19 heteroatoms. The van der Waals surface area contributed by atoms with Crippen molar-refractivity contribution in [3.63, 3.8) is 0 Å². The van der Waals surface area contributed by atoms with E-state index >= 15 is 0 Å². The zero-order valence-corrected chi connectivity index (χ0v) is 67.6. The Morgan fingerprint density at radius 1 is 0.274 bits per heavy atom. The number of esters is 4. The molecule has 5 unspecified atom stereocenters. The SMILES string of the molecule is CC/C=C\C/C=C\C/C=C\C/C=C\C/C=C\C/C=C\CCC(=O)OCC(COP(=O)(O)OCC(O)COP(=O)(O)OCC(COC(=O)CCCCCCCCC/C=C\C/C=C\C/C=C\CC)OC(=O)CCCCCCC/C=C\C/C=C\CCCCC)OC(=O)CCCCCCC/C=C\C/C=C\C/C=C\CC. The molecule has 0 radical (unpaired) electrons. The van der Waals surface area contributed by atoms with Gasteiger partial charge in [0, 0.05) is 25.7 Å². The molecule has 0 heterocycles. The third kappa shape index (κ3) is 76.6. The highest BCUT2D eigenvalue weighted by Crippen LogP contribution is 2.45. The molecule has 602 valence electrons. The summed E-state index contributed by atoms with van der Waals surface area (Å²) in [5.41, 5.74) is 0. The van der Waals surface area contributed by atoms with E-state index in [1.54, 1.807) is 0 Å². The van der Waals surface area contributed by atoms with Crippen LogP contribution in [0.15, 0.2) is 170 Å². The summed E-state index contributed by atoms with van der Waals surface area (Å²) in [5.74, 6) is -2.33. The predicted octanol–water partition coefficient (Wildman–Crippen LogP) is 23.8. The van der Waals surface area contributed by atoms with Crippen molar-refractivity contribution in [2.75, 3.05) is 39.6 Å². The molecular formula is C87H142O17P2. The summed E-state index contributed by atoms with van der Waals surface area (Å²) in [4.78, 5) is 73.1. The van der Waals surface area contributed by atoms with Crippen LogP contribution in [0.1, 0.15) is 297 Å². The maximum absolute atomic E-state index is 13.1. The molecule has 0 amide bonds. The van der Waals surface area contributed by atoms with Gasteiger partial charge in [0.05, 0.1) is 26.4 Å². The molecule has 3 N–H and O–H groups in total. The highest BCUT2D eigenvalue weighted by molar-refractivity contribution is 7.47. The Balaban J connectivity index is 5.47. The second-order valence-corrected chi connectivity index (χ2v) is 29.1. The van der Waals surface area contributed by atoms with Crippen molar-refractivity contribution >= 4 is 39.5 Å². The largest absolute Gasteiger partial charge is 0.472 e. The van der Waals surface area contributed by atoms with Crippen molar-refractivity contribution in [3.8, 4) is 0 Å². The number of hydrogen-bond acceptors (Lipinski definition) is 15. The molecule has 0 aliphatic carbocycles. The molecule has 106 heavy (non-hydrogen) atoms. The van der Waals surface area contributed by atoms with Crippen molar-refractivity contribution in [1.82, 2.24) is 0 Å². The van der Waals surface area contributed by atoms with E-state index in [-0.39, 0.29) is 25.7 Å². The van der Waals surface area contributed by atoms with Crippen molar-refractivity contribution in [2.24, 2.45) is 0 Å². The zero-order chi connectivity index (χ0) is 77.4. The topological polar surface area (TPSA) is 237 Å². The Kier molecular flexibility index (Phi) is 73.5. The summed E-state index contributed by atoms with van der Waals surface area (Å²) < 4.78 is 68.6. The smallest absolute Gasteiger partial charge is 0.462 e. The molecule has 17 nitrogen and oxygen atoms in total. The van der Waals surface area contributed by atoms with Crippen LogP contribution in [0.5, 0.6) is 0 Å². The summed E-state index contributed by atoms with van der Waals surface area (Å²) in [6.45, 7) is 4.37. The van der Waals surface area contributed by atoms with E-state index in [1.807, 2.05) is 18.2 Å². The summed E-state index contributed by atoms with van der Waals surface area (Å²) in [6.07, 6.45) is 92.0. The number of aliphatic hydroxyl groups excluding tert-OH is 1. The van der Waals surface area contributed by atoms with Gasteiger partial charge in [-0.3, -0.25) is 37.3 Å². The standard InChI is InChI=1S/C87H142O17P2/c1-5-9-13-17-21-25-29-33-37-39-40-42-46-48-52-56-60-64-68-72-85(90)98-78-83(104-87(92)74-70-66-62-58-54-50-44-36-32-28-24-20-16-12-8-4)80-102-106(95,96)100-76-81(88)75-99-105(93,94)101-79-82(103-86(91)73-69-65-61-57-53-49-43-35-31-27-23-19-15-11-7-3)77-97-84(89)71-67-63-59-55-51-47-45-41-38-34-30-26-22-18-14-10-6-2/h9-10,12-14,16,21-28,33-38,40,42-44,48,52,60,64,81-83,88H,5-8,11,15,17-20,29-32,39,41,45-47,49-51,53-59,61-63,65-80H2,1-4H3,(H,93,94)(H,95,96)/b13-9-,14-10-,16-12-,25-21-,26-22-,27-23-,28-24-,37-33-,38-34-,42-40-,43-35-,44-36-,52-48-,64-60-. The minimum Gasteiger partial charge on any atom is -0.462 e. The average Bonchev–Trinajstić information content (AvgIpc) is 0.909. The molecule has 0 fully saturated rings. The fraction of sp³-hybridized carbons (Fsp3) is 0.632. The van der Waals surface area contributed by atoms with E-state index in [0.29, 0.717) is 32.1 Å². The molecule has 0 bridgehead atoms. The number of hydrogen-bond donors (Lipinski definition) is 3. The quantitative estimate of drug-likeness (QED) is 0.0169. The Labute approximate surface area is 642 Å². The highest BCUT2D eigenvalue weighted by Gasteiger charge is 2.30. The van der Waals surface area contributed by atoms with Gasteiger partial charge >= 0.3 is 39.5 Å². The van der Waals surface area contributed by atoms with Gasteiger partial charge in [-0.25, -0.2) is 9.13 Å². The van der Waals surface area contributed by atoms with Gasteiger partial charge in [-0.15, -0.1) is 0 Å². The number of phosphoric acid groups is 2. The molecule has 0 aromatic rings. The van der Waals surface area contributed by atoms with Gasteiger partial charge in [0.15, 0.2) is 12.2 Å². The van der Waals surface area contributed by atoms with Gasteiger partial charge in [-0.1, -0.05) is 281 Å². The monoisotopic (exact) mass is 1520 g/mol. The van der Waals surface area contributed by atoms with E-state index < -0.39 is 97.5 Å². The number of unbranched alkanes of at least 4 members (excludes halogenated alkanes) is 20. The molecule has 0 aromatic heterocycles. The maximum atomic E-state index is 13.1. The molecule has 0 aromatic carbocycles. The van der Waals surface area contributed by atoms with Gasteiger partial charge in [-0.05, 0) is 161 Å². The first kappa shape index (κ1) is 100. The van der Waals surface area contributed by atoms with Gasteiger partial charge in [0.1, 0.15) is 19.3 Å². The highest BCUT2D eigenvalue weighted by atomic mass is 31.2. The number of carbonyl (C=O) groups is 4. The molecule has 0 rings (SSSR count). The summed E-state index contributed by atoms with van der Waals surface area (Å²) >= 11 is 0. The van der Waals surface area contributed by atoms with Crippen LogP contribution in [0.3, 0.4) is 0 Å². The lowest BCUT2D eigenvalue weighted by molar-refractivity contribution is -0.161. The third-order valence-electron chi connectivity index (χ3n) is 16.2. The first-order valence-electron chi connectivity index (χ1n) is 40.4. The summed E-state index contributed by atoms with van der Waals surface area (Å²) in [6, 6.07) is 0. The lowest BCUT2D eigenvalue weighted by atomic mass is 10.1. The fourth-order valence-corrected chi connectivity index (χ4v) is 11.7. The van der Waals surface area contributed by atoms with Gasteiger partial charge in [0.25, 0.3) is 0 Å². The molecule has 0 saturated carbocycles. The Bertz CT molecular complexity index is 2680. The number of ether oxygens (including phenoxy) is 4. The van der Waals surface area contributed by atoms with Crippen LogP contribution in [0.4, 0.5) is 0 Å². The second kappa shape index (κ2) is 77.6. The van der Waals surface area contributed by atoms with Crippen molar-refractivity contribution < 1.29 is 80.2 Å². The van der Waals surface area contributed by atoms with Crippen LogP contribution >= 0.6 is 15.6 Å². The number of aliphatic hydroxyl groups is 1. The zero-order valence-electron chi connectivity index (χ0n) is 65.8. The molecule has 0 aliphatic rings. The molecule has 5 atom stereocenters. The normalized spacial score (nSPS) is 14.7. The predicted molar refractivity (Wildman–Crippen MR) is 436 cm³/mol. The number of allylic oxidation sites excluding steroid dienone is 28. The van der Waals surface area contributed by atoms with Crippen LogP contribution in [0.25, 0.3) is 0 Å². The van der Waals surface area contributed by atoms with Crippen LogP contribution in [0, 0.1) is 0 Å². The van der Waals surface area contributed by atoms with Gasteiger partial charge in [-0.2, -0.15) is 0 Å². The molecule has 0 aliphatic heterocycles. The molecule has 0 saturated heterocycles. The molecule has 0 spiro atoms. The van der Waals surface area contributed by atoms with E-state index in [1.165, 1.54) is 19.3 Å². The maximum Gasteiger partial charge on any atom is 0.472 e.